The van der Waals surface area contributed by atoms with Gasteiger partial charge in [-0.25, -0.2) is 4.98 Å². The number of amides is 1. The second kappa shape index (κ2) is 19.7. The van der Waals surface area contributed by atoms with E-state index in [9.17, 15) is 24.3 Å². The van der Waals surface area contributed by atoms with Gasteiger partial charge in [-0.1, -0.05) is 12.8 Å². The molecule has 0 fully saturated rings. The maximum absolute atomic E-state index is 12.1. The van der Waals surface area contributed by atoms with Gasteiger partial charge in [0.25, 0.3) is 0 Å². The van der Waals surface area contributed by atoms with Crippen LogP contribution in [0.4, 0.5) is 0 Å². The van der Waals surface area contributed by atoms with Crippen LogP contribution in [0.25, 0.3) is 0 Å². The molecule has 0 bridgehead atoms. The zero-order valence-corrected chi connectivity index (χ0v) is 20.6. The van der Waals surface area contributed by atoms with Crippen LogP contribution in [-0.2, 0) is 39.8 Å². The van der Waals surface area contributed by atoms with E-state index in [4.69, 9.17) is 14.2 Å². The van der Waals surface area contributed by atoms with Crippen LogP contribution in [0.5, 0.6) is 0 Å². The van der Waals surface area contributed by atoms with Gasteiger partial charge in [-0.2, -0.15) is 0 Å². The number of aliphatic carboxylic acids is 1. The number of rotatable bonds is 23. The largest absolute Gasteiger partial charge is 0.481 e. The fourth-order valence-corrected chi connectivity index (χ4v) is 3.26. The Hall–Kier alpha value is -2.63. The molecule has 3 N–H and O–H groups in total. The predicted octanol–water partition coefficient (Wildman–Crippen LogP) is 1.71. The SMILES string of the molecule is CCOCC(=O)NCCOCCOCC(=O)CCCCC[C@H](CC(=O)CCc1cnc[nH]1)C(=O)O. The van der Waals surface area contributed by atoms with Crippen LogP contribution >= 0.6 is 0 Å². The molecule has 1 aromatic heterocycles. The molecule has 0 spiro atoms. The van der Waals surface area contributed by atoms with E-state index in [0.29, 0.717) is 58.5 Å². The molecule has 1 amide bonds. The number of unbranched alkanes of at least 4 members (excludes halogenated alkanes) is 2. The third-order valence-electron chi connectivity index (χ3n) is 5.20. The van der Waals surface area contributed by atoms with Gasteiger partial charge in [-0.3, -0.25) is 19.2 Å². The number of ether oxygens (including phenoxy) is 3. The summed E-state index contributed by atoms with van der Waals surface area (Å²) < 4.78 is 15.6. The maximum Gasteiger partial charge on any atom is 0.306 e. The van der Waals surface area contributed by atoms with Crippen molar-refractivity contribution in [2.45, 2.75) is 58.3 Å². The second-order valence-corrected chi connectivity index (χ2v) is 8.14. The van der Waals surface area contributed by atoms with Gasteiger partial charge in [0.05, 0.1) is 32.1 Å². The van der Waals surface area contributed by atoms with E-state index < -0.39 is 11.9 Å². The number of carboxylic acid groups (broad SMARTS) is 1. The van der Waals surface area contributed by atoms with Crippen LogP contribution < -0.4 is 5.32 Å². The smallest absolute Gasteiger partial charge is 0.306 e. The van der Waals surface area contributed by atoms with E-state index in [1.165, 1.54) is 0 Å². The predicted molar refractivity (Wildman–Crippen MR) is 127 cm³/mol. The Morgan fingerprint density at radius 2 is 1.80 bits per heavy atom. The summed E-state index contributed by atoms with van der Waals surface area (Å²) in [4.78, 5) is 53.6. The van der Waals surface area contributed by atoms with Crippen LogP contribution in [0, 0.1) is 5.92 Å². The van der Waals surface area contributed by atoms with Gasteiger partial charge in [0.15, 0.2) is 5.78 Å². The van der Waals surface area contributed by atoms with E-state index >= 15 is 0 Å². The number of aromatic nitrogens is 2. The molecule has 1 rings (SSSR count). The first-order valence-corrected chi connectivity index (χ1v) is 12.2. The number of carboxylic acids is 1. The Bertz CT molecular complexity index is 739. The standard InChI is InChI=1S/C24H39N3O8/c1-2-33-17-23(30)26-10-11-34-12-13-35-16-22(29)7-5-3-4-6-19(24(31)32)14-21(28)9-8-20-15-25-18-27-20/h15,18-19H,2-14,16-17H2,1H3,(H,25,27)(H,26,30)(H,31,32)/t19-/m1/s1. The second-order valence-electron chi connectivity index (χ2n) is 8.14. The van der Waals surface area contributed by atoms with E-state index in [0.717, 1.165) is 12.1 Å². The highest BCUT2D eigenvalue weighted by molar-refractivity contribution is 5.84. The van der Waals surface area contributed by atoms with Crippen molar-refractivity contribution < 1.29 is 38.5 Å². The topological polar surface area (TPSA) is 157 Å². The number of nitrogens with one attached hydrogen (secondary N) is 2. The number of ketones is 2. The molecule has 0 aliphatic rings. The molecule has 1 aromatic rings. The van der Waals surface area contributed by atoms with Crippen molar-refractivity contribution in [1.82, 2.24) is 15.3 Å². The number of Topliss-reactive ketones (excluding diaryl/α,β-unsaturated/α-hetero) is 2. The van der Waals surface area contributed by atoms with Crippen molar-refractivity contribution in [2.75, 3.05) is 46.2 Å². The lowest BCUT2D eigenvalue weighted by Gasteiger charge is -2.11. The molecule has 11 heteroatoms. The number of hydrogen-bond acceptors (Lipinski definition) is 8. The normalized spacial score (nSPS) is 11.8. The number of imidazole rings is 1. The Morgan fingerprint density at radius 1 is 1.00 bits per heavy atom. The molecule has 0 unspecified atom stereocenters. The molecule has 0 aliphatic heterocycles. The van der Waals surface area contributed by atoms with Crippen molar-refractivity contribution in [1.29, 1.82) is 0 Å². The zero-order valence-electron chi connectivity index (χ0n) is 20.6. The average molecular weight is 498 g/mol. The molecule has 0 saturated carbocycles. The van der Waals surface area contributed by atoms with Crippen molar-refractivity contribution in [3.8, 4) is 0 Å². The van der Waals surface area contributed by atoms with Gasteiger partial charge >= 0.3 is 5.97 Å². The molecule has 0 aliphatic carbocycles. The van der Waals surface area contributed by atoms with Crippen LogP contribution in [-0.4, -0.2) is 84.7 Å². The number of nitrogens with zero attached hydrogens (tertiary/aromatic N) is 1. The summed E-state index contributed by atoms with van der Waals surface area (Å²) in [6.07, 6.45) is 6.83. The maximum atomic E-state index is 12.1. The number of aryl methyl sites for hydroxylation is 1. The summed E-state index contributed by atoms with van der Waals surface area (Å²) in [7, 11) is 0. The zero-order chi connectivity index (χ0) is 25.7. The Balaban J connectivity index is 1.99. The Morgan fingerprint density at radius 3 is 2.51 bits per heavy atom. The van der Waals surface area contributed by atoms with Gasteiger partial charge in [-0.05, 0) is 26.2 Å². The van der Waals surface area contributed by atoms with Gasteiger partial charge in [0, 0.05) is 44.3 Å². The molecule has 198 valence electrons. The fraction of sp³-hybridized carbons (Fsp3) is 0.708. The highest BCUT2D eigenvalue weighted by atomic mass is 16.5. The molecular formula is C24H39N3O8. The Labute approximate surface area is 206 Å². The number of aromatic amines is 1. The minimum Gasteiger partial charge on any atom is -0.481 e. The van der Waals surface area contributed by atoms with Gasteiger partial charge < -0.3 is 29.6 Å². The van der Waals surface area contributed by atoms with Gasteiger partial charge in [0.1, 0.15) is 19.0 Å². The number of carbonyl (C=O) groups is 4. The lowest BCUT2D eigenvalue weighted by atomic mass is 9.94. The molecule has 1 atom stereocenters. The minimum absolute atomic E-state index is 0.0109. The fourth-order valence-electron chi connectivity index (χ4n) is 3.26. The molecular weight excluding hydrogens is 458 g/mol. The molecule has 1 heterocycles. The summed E-state index contributed by atoms with van der Waals surface area (Å²) >= 11 is 0. The van der Waals surface area contributed by atoms with E-state index in [-0.39, 0.29) is 50.1 Å². The summed E-state index contributed by atoms with van der Waals surface area (Å²) in [5.41, 5.74) is 0.852. The summed E-state index contributed by atoms with van der Waals surface area (Å²) in [6.45, 7) is 3.69. The molecule has 0 aromatic carbocycles. The van der Waals surface area contributed by atoms with Crippen LogP contribution in [0.15, 0.2) is 12.5 Å². The Kier molecular flexibility index (Phi) is 17.1. The van der Waals surface area contributed by atoms with E-state index in [2.05, 4.69) is 15.3 Å². The first-order valence-electron chi connectivity index (χ1n) is 12.2. The van der Waals surface area contributed by atoms with Crippen molar-refractivity contribution in [3.63, 3.8) is 0 Å². The summed E-state index contributed by atoms with van der Waals surface area (Å²) in [5.74, 6) is -1.93. The third kappa shape index (κ3) is 16.6. The number of carbonyl (C=O) groups excluding carboxylic acids is 3. The van der Waals surface area contributed by atoms with Crippen molar-refractivity contribution in [2.24, 2.45) is 5.92 Å². The van der Waals surface area contributed by atoms with Crippen molar-refractivity contribution in [3.05, 3.63) is 18.2 Å². The van der Waals surface area contributed by atoms with E-state index in [1.54, 1.807) is 12.5 Å². The van der Waals surface area contributed by atoms with Crippen molar-refractivity contribution >= 4 is 23.4 Å². The first kappa shape index (κ1) is 30.4. The highest BCUT2D eigenvalue weighted by Gasteiger charge is 2.20. The quantitative estimate of drug-likeness (QED) is 0.191. The molecule has 11 nitrogen and oxygen atoms in total. The lowest BCUT2D eigenvalue weighted by molar-refractivity contribution is -0.144. The van der Waals surface area contributed by atoms with Gasteiger partial charge in [-0.15, -0.1) is 0 Å². The van der Waals surface area contributed by atoms with Crippen LogP contribution in [0.3, 0.4) is 0 Å². The summed E-state index contributed by atoms with van der Waals surface area (Å²) in [6, 6.07) is 0. The first-order chi connectivity index (χ1) is 16.9. The van der Waals surface area contributed by atoms with Gasteiger partial charge in [0.2, 0.25) is 5.91 Å². The average Bonchev–Trinajstić information content (AvgIpc) is 3.35. The number of H-pyrrole nitrogens is 1. The van der Waals surface area contributed by atoms with E-state index in [1.807, 2.05) is 6.92 Å². The minimum atomic E-state index is -0.959. The summed E-state index contributed by atoms with van der Waals surface area (Å²) in [5, 5.41) is 12.0. The monoisotopic (exact) mass is 497 g/mol. The molecule has 35 heavy (non-hydrogen) atoms. The number of hydrogen-bond donors (Lipinski definition) is 3. The lowest BCUT2D eigenvalue weighted by Crippen LogP contribution is -2.30. The third-order valence-corrected chi connectivity index (χ3v) is 5.20. The highest BCUT2D eigenvalue weighted by Crippen LogP contribution is 2.17. The van der Waals surface area contributed by atoms with Crippen LogP contribution in [0.1, 0.15) is 57.6 Å². The van der Waals surface area contributed by atoms with Crippen LogP contribution in [0.2, 0.25) is 0 Å². The molecule has 0 radical (unpaired) electrons. The molecule has 0 saturated heterocycles.